The molecule has 1 aromatic rings. The molecule has 0 bridgehead atoms. The van der Waals surface area contributed by atoms with Gasteiger partial charge in [0.15, 0.2) is 27.0 Å². The summed E-state index contributed by atoms with van der Waals surface area (Å²) in [6.45, 7) is 12.5. The van der Waals surface area contributed by atoms with Gasteiger partial charge in [-0.25, -0.2) is 0 Å². The van der Waals surface area contributed by atoms with Crippen molar-refractivity contribution in [2.24, 2.45) is 0 Å². The van der Waals surface area contributed by atoms with E-state index in [0.29, 0.717) is 6.61 Å². The molecule has 168 valence electrons. The third kappa shape index (κ3) is 4.95. The summed E-state index contributed by atoms with van der Waals surface area (Å²) < 4.78 is 36.3. The normalized spacial score (nSPS) is 32.4. The Kier molecular flexibility index (Phi) is 7.06. The van der Waals surface area contributed by atoms with E-state index in [0.717, 1.165) is 5.56 Å². The molecule has 2 heterocycles. The van der Waals surface area contributed by atoms with E-state index in [1.54, 1.807) is 7.11 Å². The number of esters is 1. The number of rotatable bonds is 5. The van der Waals surface area contributed by atoms with E-state index >= 15 is 0 Å². The summed E-state index contributed by atoms with van der Waals surface area (Å²) in [6, 6.07) is 9.68. The van der Waals surface area contributed by atoms with Crippen molar-refractivity contribution >= 4 is 14.3 Å². The highest BCUT2D eigenvalue weighted by molar-refractivity contribution is 6.74. The van der Waals surface area contributed by atoms with Gasteiger partial charge in [0.2, 0.25) is 0 Å². The Hall–Kier alpha value is -1.29. The number of ether oxygens (including phenoxy) is 5. The van der Waals surface area contributed by atoms with Crippen molar-refractivity contribution in [1.82, 2.24) is 0 Å². The molecule has 0 saturated carbocycles. The van der Waals surface area contributed by atoms with Crippen molar-refractivity contribution in [2.45, 2.75) is 82.8 Å². The van der Waals surface area contributed by atoms with Crippen LogP contribution < -0.4 is 0 Å². The summed E-state index contributed by atoms with van der Waals surface area (Å²) >= 11 is 0. The van der Waals surface area contributed by atoms with E-state index in [9.17, 15) is 4.79 Å². The standard InChI is InChI=1S/C22H34O7Si/c1-14(23)26-18-17-16(13-25-20(28-17)15-11-9-8-10-12-15)27-21(24-5)19(18)29-30(6,7)22(2,3)4/h8-12,16-21H,13H2,1-7H3/t16-,17-,18+,19-,20-,21+/m1/s1. The highest BCUT2D eigenvalue weighted by Gasteiger charge is 2.55. The van der Waals surface area contributed by atoms with Crippen LogP contribution in [0.5, 0.6) is 0 Å². The van der Waals surface area contributed by atoms with Gasteiger partial charge in [-0.3, -0.25) is 4.79 Å². The quantitative estimate of drug-likeness (QED) is 0.511. The van der Waals surface area contributed by atoms with Gasteiger partial charge in [-0.05, 0) is 18.1 Å². The fourth-order valence-corrected chi connectivity index (χ4v) is 4.76. The number of carbonyl (C=O) groups excluding carboxylic acids is 1. The van der Waals surface area contributed by atoms with Crippen LogP contribution in [-0.2, 0) is 32.9 Å². The van der Waals surface area contributed by atoms with Crippen molar-refractivity contribution in [3.8, 4) is 0 Å². The molecule has 3 rings (SSSR count). The predicted octanol–water partition coefficient (Wildman–Crippen LogP) is 3.79. The molecule has 1 aromatic carbocycles. The van der Waals surface area contributed by atoms with Gasteiger partial charge >= 0.3 is 5.97 Å². The van der Waals surface area contributed by atoms with Gasteiger partial charge in [-0.2, -0.15) is 0 Å². The lowest BCUT2D eigenvalue weighted by Gasteiger charge is -2.51. The second-order valence-electron chi connectivity index (χ2n) is 9.37. The highest BCUT2D eigenvalue weighted by Crippen LogP contribution is 2.42. The van der Waals surface area contributed by atoms with E-state index in [1.807, 2.05) is 30.3 Å². The van der Waals surface area contributed by atoms with Gasteiger partial charge in [0.25, 0.3) is 0 Å². The van der Waals surface area contributed by atoms with Gasteiger partial charge in [0.05, 0.1) is 6.61 Å². The van der Waals surface area contributed by atoms with E-state index < -0.39 is 51.3 Å². The Balaban J connectivity index is 1.90. The van der Waals surface area contributed by atoms with Crippen LogP contribution in [0.1, 0.15) is 39.5 Å². The number of benzene rings is 1. The lowest BCUT2D eigenvalue weighted by atomic mass is 9.97. The van der Waals surface area contributed by atoms with E-state index in [4.69, 9.17) is 28.1 Å². The topological polar surface area (TPSA) is 72.5 Å². The summed E-state index contributed by atoms with van der Waals surface area (Å²) in [4.78, 5) is 12.0. The second kappa shape index (κ2) is 9.06. The maximum Gasteiger partial charge on any atom is 0.303 e. The van der Waals surface area contributed by atoms with Gasteiger partial charge < -0.3 is 28.1 Å². The van der Waals surface area contributed by atoms with Crippen LogP contribution in [0.4, 0.5) is 0 Å². The first-order valence-electron chi connectivity index (χ1n) is 10.4. The largest absolute Gasteiger partial charge is 0.457 e. The van der Waals surface area contributed by atoms with Crippen LogP contribution in [0.15, 0.2) is 30.3 Å². The summed E-state index contributed by atoms with van der Waals surface area (Å²) in [7, 11) is -0.654. The van der Waals surface area contributed by atoms with E-state index in [1.165, 1.54) is 6.92 Å². The Morgan fingerprint density at radius 3 is 2.33 bits per heavy atom. The molecule has 2 fully saturated rings. The second-order valence-corrected chi connectivity index (χ2v) is 14.1. The lowest BCUT2D eigenvalue weighted by Crippen LogP contribution is -2.66. The molecule has 0 radical (unpaired) electrons. The maximum atomic E-state index is 12.0. The molecule has 2 aliphatic heterocycles. The average Bonchev–Trinajstić information content (AvgIpc) is 2.68. The van der Waals surface area contributed by atoms with Crippen LogP contribution >= 0.6 is 0 Å². The zero-order chi connectivity index (χ0) is 22.1. The van der Waals surface area contributed by atoms with E-state index in [2.05, 4.69) is 33.9 Å². The zero-order valence-electron chi connectivity index (χ0n) is 18.9. The van der Waals surface area contributed by atoms with Crippen molar-refractivity contribution in [3.63, 3.8) is 0 Å². The monoisotopic (exact) mass is 438 g/mol. The Labute approximate surface area is 180 Å². The molecular weight excluding hydrogens is 404 g/mol. The minimum absolute atomic E-state index is 0.0357. The van der Waals surface area contributed by atoms with Crippen LogP contribution in [0.3, 0.4) is 0 Å². The van der Waals surface area contributed by atoms with Crippen LogP contribution in [-0.4, -0.2) is 58.7 Å². The fourth-order valence-electron chi connectivity index (χ4n) is 3.48. The first-order valence-corrected chi connectivity index (χ1v) is 13.3. The maximum absolute atomic E-state index is 12.0. The SMILES string of the molecule is CO[C@H]1O[C@@H]2CO[C@@H](c3ccccc3)O[C@H]2[C@H](OC(C)=O)[C@H]1O[Si](C)(C)C(C)(C)C. The predicted molar refractivity (Wildman–Crippen MR) is 113 cm³/mol. The van der Waals surface area contributed by atoms with Gasteiger partial charge in [-0.1, -0.05) is 51.1 Å². The Morgan fingerprint density at radius 2 is 1.77 bits per heavy atom. The summed E-state index contributed by atoms with van der Waals surface area (Å²) in [5, 5.41) is -0.0357. The molecule has 30 heavy (non-hydrogen) atoms. The smallest absolute Gasteiger partial charge is 0.303 e. The first-order chi connectivity index (χ1) is 14.0. The Bertz CT molecular complexity index is 718. The molecule has 0 aliphatic carbocycles. The number of fused-ring (bicyclic) bond motifs is 1. The van der Waals surface area contributed by atoms with Gasteiger partial charge in [-0.15, -0.1) is 0 Å². The van der Waals surface area contributed by atoms with Crippen molar-refractivity contribution in [1.29, 1.82) is 0 Å². The highest BCUT2D eigenvalue weighted by atomic mass is 28.4. The van der Waals surface area contributed by atoms with Crippen molar-refractivity contribution in [3.05, 3.63) is 35.9 Å². The zero-order valence-corrected chi connectivity index (χ0v) is 19.9. The molecule has 2 aliphatic rings. The van der Waals surface area contributed by atoms with Gasteiger partial charge in [0, 0.05) is 19.6 Å². The lowest BCUT2D eigenvalue weighted by molar-refractivity contribution is -0.356. The molecule has 6 atom stereocenters. The van der Waals surface area contributed by atoms with Crippen molar-refractivity contribution in [2.75, 3.05) is 13.7 Å². The van der Waals surface area contributed by atoms with Crippen LogP contribution in [0.25, 0.3) is 0 Å². The van der Waals surface area contributed by atoms with Gasteiger partial charge in [0.1, 0.15) is 18.3 Å². The minimum Gasteiger partial charge on any atom is -0.457 e. The first kappa shape index (κ1) is 23.4. The average molecular weight is 439 g/mol. The molecule has 0 spiro atoms. The molecule has 8 heteroatoms. The summed E-state index contributed by atoms with van der Waals surface area (Å²) in [6.07, 6.45) is -3.49. The molecule has 2 saturated heterocycles. The molecular formula is C22H34O7Si. The fraction of sp³-hybridized carbons (Fsp3) is 0.682. The molecule has 0 amide bonds. The minimum atomic E-state index is -2.22. The molecule has 0 aromatic heterocycles. The number of carbonyl (C=O) groups is 1. The summed E-state index contributed by atoms with van der Waals surface area (Å²) in [5.74, 6) is -0.398. The van der Waals surface area contributed by atoms with Crippen LogP contribution in [0.2, 0.25) is 18.1 Å². The molecule has 0 unspecified atom stereocenters. The number of methoxy groups -OCH3 is 1. The third-order valence-corrected chi connectivity index (χ3v) is 10.6. The summed E-state index contributed by atoms with van der Waals surface area (Å²) in [5.41, 5.74) is 0.897. The number of hydrogen-bond donors (Lipinski definition) is 0. The Morgan fingerprint density at radius 1 is 1.10 bits per heavy atom. The number of hydrogen-bond acceptors (Lipinski definition) is 7. The van der Waals surface area contributed by atoms with Crippen LogP contribution in [0, 0.1) is 0 Å². The van der Waals surface area contributed by atoms with E-state index in [-0.39, 0.29) is 5.04 Å². The third-order valence-electron chi connectivity index (χ3n) is 6.13. The molecule has 0 N–H and O–H groups in total. The molecule has 7 nitrogen and oxygen atoms in total. The van der Waals surface area contributed by atoms with Crippen molar-refractivity contribution < 1.29 is 32.9 Å².